The largest absolute Gasteiger partial charge is 0.497 e. The fourth-order valence-corrected chi connectivity index (χ4v) is 5.02. The Kier molecular flexibility index (Phi) is 8.94. The number of carbonyl (C=O) groups excluding carboxylic acids is 1. The van der Waals surface area contributed by atoms with E-state index in [9.17, 15) is 4.79 Å². The molecule has 4 atom stereocenters. The molecule has 0 radical (unpaired) electrons. The first kappa shape index (κ1) is 27.6. The molecule has 1 aliphatic heterocycles. The van der Waals surface area contributed by atoms with Gasteiger partial charge in [0.05, 0.1) is 32.3 Å². The highest BCUT2D eigenvalue weighted by Crippen LogP contribution is 2.38. The molecule has 0 amide bonds. The average Bonchev–Trinajstić information content (AvgIpc) is 3.43. The molecule has 7 heteroatoms. The van der Waals surface area contributed by atoms with Crippen LogP contribution >= 0.6 is 0 Å². The van der Waals surface area contributed by atoms with E-state index < -0.39 is 6.29 Å². The lowest BCUT2D eigenvalue weighted by Crippen LogP contribution is -2.43. The summed E-state index contributed by atoms with van der Waals surface area (Å²) in [6.07, 6.45) is 0.233. The number of methoxy groups -OCH3 is 1. The Hall–Kier alpha value is -3.94. The number of hydrogen-bond acceptors (Lipinski definition) is 7. The van der Waals surface area contributed by atoms with E-state index in [0.717, 1.165) is 33.9 Å². The highest BCUT2D eigenvalue weighted by atomic mass is 16.7. The summed E-state index contributed by atoms with van der Waals surface area (Å²) in [5, 5.41) is 0. The molecule has 0 unspecified atom stereocenters. The zero-order valence-electron chi connectivity index (χ0n) is 23.1. The number of hydrogen-bond donors (Lipinski definition) is 0. The molecule has 2 heterocycles. The maximum Gasteiger partial charge on any atom is 0.308 e. The number of carbonyl (C=O) groups is 1. The minimum atomic E-state index is -0.615. The van der Waals surface area contributed by atoms with E-state index >= 15 is 0 Å². The molecule has 0 N–H and O–H groups in total. The van der Waals surface area contributed by atoms with Crippen LogP contribution in [0.1, 0.15) is 44.4 Å². The third-order valence-electron chi connectivity index (χ3n) is 7.23. The molecule has 1 fully saturated rings. The monoisotopic (exact) mass is 541 g/mol. The van der Waals surface area contributed by atoms with Gasteiger partial charge in [0.15, 0.2) is 17.9 Å². The van der Waals surface area contributed by atoms with Crippen molar-refractivity contribution in [2.45, 2.75) is 51.6 Å². The zero-order valence-corrected chi connectivity index (χ0v) is 23.1. The van der Waals surface area contributed by atoms with Crippen molar-refractivity contribution in [2.24, 2.45) is 5.92 Å². The van der Waals surface area contributed by atoms with E-state index in [0.29, 0.717) is 25.3 Å². The van der Waals surface area contributed by atoms with Gasteiger partial charge < -0.3 is 23.4 Å². The molecule has 1 saturated heterocycles. The smallest absolute Gasteiger partial charge is 0.308 e. The fourth-order valence-electron chi connectivity index (χ4n) is 5.02. The number of benzene rings is 3. The molecule has 7 nitrogen and oxygen atoms in total. The predicted octanol–water partition coefficient (Wildman–Crippen LogP) is 7.02. The van der Waals surface area contributed by atoms with E-state index in [2.05, 4.69) is 6.92 Å². The molecule has 1 aromatic heterocycles. The third-order valence-corrected chi connectivity index (χ3v) is 7.23. The lowest BCUT2D eigenvalue weighted by molar-refractivity contribution is -0.273. The molecule has 4 aromatic rings. The summed E-state index contributed by atoms with van der Waals surface area (Å²) in [6.45, 7) is 4.19. The molecule has 1 aliphatic rings. The Balaban J connectivity index is 1.38. The van der Waals surface area contributed by atoms with E-state index in [1.165, 1.54) is 0 Å². The lowest BCUT2D eigenvalue weighted by Gasteiger charge is -2.40. The van der Waals surface area contributed by atoms with Crippen LogP contribution in [0.4, 0.5) is 0 Å². The lowest BCUT2D eigenvalue weighted by atomic mass is 9.91. The van der Waals surface area contributed by atoms with Crippen LogP contribution in [-0.4, -0.2) is 36.9 Å². The minimum absolute atomic E-state index is 0.0453. The fraction of sp³-hybridized carbons (Fsp3) is 0.333. The second kappa shape index (κ2) is 12.9. The predicted molar refractivity (Wildman–Crippen MR) is 152 cm³/mol. The molecule has 40 heavy (non-hydrogen) atoms. The molecule has 208 valence electrons. The zero-order chi connectivity index (χ0) is 27.9. The number of oxazole rings is 1. The summed E-state index contributed by atoms with van der Waals surface area (Å²) in [5.41, 5.74) is 3.66. The first-order chi connectivity index (χ1) is 19.6. The summed E-state index contributed by atoms with van der Waals surface area (Å²) in [5.74, 6) is 1.82. The van der Waals surface area contributed by atoms with Crippen LogP contribution in [0.2, 0.25) is 0 Å². The third kappa shape index (κ3) is 6.43. The summed E-state index contributed by atoms with van der Waals surface area (Å²) >= 11 is 0. The highest BCUT2D eigenvalue weighted by molar-refractivity contribution is 5.76. The van der Waals surface area contributed by atoms with Crippen LogP contribution in [-0.2, 0) is 25.4 Å². The number of nitrogens with zero attached hydrogens (tertiary/aromatic N) is 1. The minimum Gasteiger partial charge on any atom is -0.497 e. The summed E-state index contributed by atoms with van der Waals surface area (Å²) in [6, 6.07) is 27.7. The SMILES string of the molecule is CCOC(=O)C[C@@H]1O[C@H](c2ccc(OC)cc2)O[C@H](CCc2nc(-c3ccccc3)c(-c3ccccc3)o2)[C@H]1C. The van der Waals surface area contributed by atoms with Crippen LogP contribution in [0.25, 0.3) is 22.6 Å². The van der Waals surface area contributed by atoms with Gasteiger partial charge in [0.1, 0.15) is 11.4 Å². The van der Waals surface area contributed by atoms with Crippen LogP contribution in [0.5, 0.6) is 5.75 Å². The van der Waals surface area contributed by atoms with Crippen molar-refractivity contribution in [3.8, 4) is 28.3 Å². The van der Waals surface area contributed by atoms with E-state index in [-0.39, 0.29) is 30.5 Å². The number of aromatic nitrogens is 1. The van der Waals surface area contributed by atoms with Gasteiger partial charge in [-0.1, -0.05) is 79.7 Å². The second-order valence-electron chi connectivity index (χ2n) is 9.88. The maximum absolute atomic E-state index is 12.4. The van der Waals surface area contributed by atoms with Crippen LogP contribution in [0.15, 0.2) is 89.3 Å². The number of rotatable bonds is 10. The van der Waals surface area contributed by atoms with Gasteiger partial charge >= 0.3 is 5.97 Å². The maximum atomic E-state index is 12.4. The van der Waals surface area contributed by atoms with Crippen molar-refractivity contribution >= 4 is 5.97 Å². The second-order valence-corrected chi connectivity index (χ2v) is 9.88. The summed E-state index contributed by atoms with van der Waals surface area (Å²) in [4.78, 5) is 17.3. The van der Waals surface area contributed by atoms with Gasteiger partial charge in [-0.3, -0.25) is 4.79 Å². The summed E-state index contributed by atoms with van der Waals surface area (Å²) in [7, 11) is 1.63. The normalized spacial score (nSPS) is 20.7. The highest BCUT2D eigenvalue weighted by Gasteiger charge is 2.39. The topological polar surface area (TPSA) is 80.0 Å². The summed E-state index contributed by atoms with van der Waals surface area (Å²) < 4.78 is 29.6. The van der Waals surface area contributed by atoms with Gasteiger partial charge in [-0.05, 0) is 25.5 Å². The van der Waals surface area contributed by atoms with Crippen LogP contribution in [0, 0.1) is 5.92 Å². The molecule has 0 bridgehead atoms. The van der Waals surface area contributed by atoms with Gasteiger partial charge in [-0.2, -0.15) is 0 Å². The van der Waals surface area contributed by atoms with E-state index in [1.54, 1.807) is 14.0 Å². The van der Waals surface area contributed by atoms with Crippen LogP contribution in [0.3, 0.4) is 0 Å². The van der Waals surface area contributed by atoms with Crippen LogP contribution < -0.4 is 4.74 Å². The Morgan fingerprint density at radius 3 is 2.17 bits per heavy atom. The molecular formula is C33H35NO6. The number of esters is 1. The van der Waals surface area contributed by atoms with Crippen molar-refractivity contribution in [2.75, 3.05) is 13.7 Å². The van der Waals surface area contributed by atoms with Gasteiger partial charge in [-0.15, -0.1) is 0 Å². The molecule has 5 rings (SSSR count). The van der Waals surface area contributed by atoms with Crippen molar-refractivity contribution in [3.63, 3.8) is 0 Å². The molecule has 3 aromatic carbocycles. The van der Waals surface area contributed by atoms with Gasteiger partial charge in [-0.25, -0.2) is 4.98 Å². The van der Waals surface area contributed by atoms with Crippen molar-refractivity contribution in [1.29, 1.82) is 0 Å². The molecule has 0 aliphatic carbocycles. The van der Waals surface area contributed by atoms with E-state index in [4.69, 9.17) is 28.3 Å². The molecular weight excluding hydrogens is 506 g/mol. The number of ether oxygens (including phenoxy) is 4. The van der Waals surface area contributed by atoms with Gasteiger partial charge in [0.25, 0.3) is 0 Å². The Morgan fingerprint density at radius 1 is 0.875 bits per heavy atom. The molecule has 0 spiro atoms. The van der Waals surface area contributed by atoms with Gasteiger partial charge in [0.2, 0.25) is 0 Å². The van der Waals surface area contributed by atoms with Gasteiger partial charge in [0, 0.05) is 29.0 Å². The van der Waals surface area contributed by atoms with Crippen molar-refractivity contribution in [1.82, 2.24) is 4.98 Å². The number of aryl methyl sites for hydroxylation is 1. The van der Waals surface area contributed by atoms with Crippen molar-refractivity contribution in [3.05, 3.63) is 96.4 Å². The average molecular weight is 542 g/mol. The first-order valence-electron chi connectivity index (χ1n) is 13.8. The first-order valence-corrected chi connectivity index (χ1v) is 13.8. The Bertz CT molecular complexity index is 1310. The standard InChI is InChI=1S/C33H35NO6/c1-4-37-30(35)21-28-22(2)27(38-33(39-28)25-15-17-26(36-3)18-16-25)19-20-29-34-31(23-11-7-5-8-12-23)32(40-29)24-13-9-6-10-14-24/h5-18,22,27-28,33H,4,19-21H2,1-3H3/t22-,27-,28+,33-/m1/s1. The Labute approximate surface area is 235 Å². The van der Waals surface area contributed by atoms with Crippen molar-refractivity contribution < 1.29 is 28.2 Å². The quantitative estimate of drug-likeness (QED) is 0.200. The van der Waals surface area contributed by atoms with E-state index in [1.807, 2.05) is 84.9 Å². The molecule has 0 saturated carbocycles. The Morgan fingerprint density at radius 2 is 1.52 bits per heavy atom.